The number of thiazole rings is 1. The minimum absolute atomic E-state index is 0.122. The van der Waals surface area contributed by atoms with Crippen LogP contribution in [0.25, 0.3) is 10.8 Å². The highest BCUT2D eigenvalue weighted by Crippen LogP contribution is 2.24. The molecule has 0 saturated heterocycles. The fourth-order valence-corrected chi connectivity index (χ4v) is 2.53. The van der Waals surface area contributed by atoms with Crippen molar-refractivity contribution in [3.8, 4) is 10.8 Å². The second-order valence-electron chi connectivity index (χ2n) is 3.86. The Morgan fingerprint density at radius 2 is 2.22 bits per heavy atom. The van der Waals surface area contributed by atoms with Gasteiger partial charge in [-0.3, -0.25) is 4.79 Å². The Morgan fingerprint density at radius 3 is 2.83 bits per heavy atom. The van der Waals surface area contributed by atoms with Crippen LogP contribution in [0.3, 0.4) is 0 Å². The Hall–Kier alpha value is -1.62. The fraction of sp³-hybridized carbons (Fsp3) is 0.385. The summed E-state index contributed by atoms with van der Waals surface area (Å²) in [6, 6.07) is 3.70. The Kier molecular flexibility index (Phi) is 4.15. The van der Waals surface area contributed by atoms with E-state index in [1.54, 1.807) is 6.26 Å². The Labute approximate surface area is 110 Å². The van der Waals surface area contributed by atoms with Gasteiger partial charge in [0.05, 0.1) is 18.4 Å². The van der Waals surface area contributed by atoms with Crippen molar-refractivity contribution in [3.05, 3.63) is 29.5 Å². The molecule has 1 amide bonds. The molecule has 0 fully saturated rings. The van der Waals surface area contributed by atoms with Gasteiger partial charge in [0.25, 0.3) is 0 Å². The molecule has 0 N–H and O–H groups in total. The average Bonchev–Trinajstić information content (AvgIpc) is 3.00. The van der Waals surface area contributed by atoms with Crippen molar-refractivity contribution < 1.29 is 9.21 Å². The van der Waals surface area contributed by atoms with E-state index in [0.717, 1.165) is 29.6 Å². The van der Waals surface area contributed by atoms with Crippen molar-refractivity contribution in [1.29, 1.82) is 0 Å². The lowest BCUT2D eigenvalue weighted by molar-refractivity contribution is -0.130. The molecule has 2 rings (SSSR count). The fourth-order valence-electron chi connectivity index (χ4n) is 1.74. The van der Waals surface area contributed by atoms with Crippen LogP contribution in [0.5, 0.6) is 0 Å². The molecule has 0 aliphatic carbocycles. The molecule has 0 radical (unpaired) electrons. The number of hydrogen-bond acceptors (Lipinski definition) is 4. The van der Waals surface area contributed by atoms with Crippen molar-refractivity contribution in [2.24, 2.45) is 0 Å². The Balaban J connectivity index is 2.05. The summed E-state index contributed by atoms with van der Waals surface area (Å²) in [7, 11) is 0. The molecule has 2 aromatic heterocycles. The van der Waals surface area contributed by atoms with Gasteiger partial charge in [0, 0.05) is 18.5 Å². The lowest BCUT2D eigenvalue weighted by Crippen LogP contribution is -2.31. The van der Waals surface area contributed by atoms with E-state index in [4.69, 9.17) is 4.42 Å². The van der Waals surface area contributed by atoms with Crippen molar-refractivity contribution in [3.63, 3.8) is 0 Å². The van der Waals surface area contributed by atoms with E-state index in [2.05, 4.69) is 4.98 Å². The van der Waals surface area contributed by atoms with E-state index >= 15 is 0 Å². The lowest BCUT2D eigenvalue weighted by atomic mass is 10.3. The quantitative estimate of drug-likeness (QED) is 0.834. The molecule has 96 valence electrons. The number of amides is 1. The number of likely N-dealkylation sites (N-methyl/N-ethyl adjacent to an activating group) is 1. The van der Waals surface area contributed by atoms with E-state index in [9.17, 15) is 4.79 Å². The van der Waals surface area contributed by atoms with Gasteiger partial charge in [-0.05, 0) is 26.0 Å². The zero-order valence-corrected chi connectivity index (χ0v) is 11.4. The maximum atomic E-state index is 11.9. The number of rotatable bonds is 5. The van der Waals surface area contributed by atoms with Crippen molar-refractivity contribution in [2.75, 3.05) is 13.1 Å². The molecule has 0 unspecified atom stereocenters. The molecule has 2 heterocycles. The maximum absolute atomic E-state index is 11.9. The molecular formula is C13H16N2O2S. The van der Waals surface area contributed by atoms with Crippen molar-refractivity contribution in [1.82, 2.24) is 9.88 Å². The largest absolute Gasteiger partial charge is 0.462 e. The van der Waals surface area contributed by atoms with E-state index in [0.29, 0.717) is 6.42 Å². The minimum atomic E-state index is 0.122. The zero-order chi connectivity index (χ0) is 13.0. The summed E-state index contributed by atoms with van der Waals surface area (Å²) < 4.78 is 5.28. The first-order valence-electron chi connectivity index (χ1n) is 6.00. The van der Waals surface area contributed by atoms with Gasteiger partial charge < -0.3 is 9.32 Å². The number of carbonyl (C=O) groups is 1. The average molecular weight is 264 g/mol. The molecule has 4 nitrogen and oxygen atoms in total. The highest BCUT2D eigenvalue weighted by Gasteiger charge is 2.13. The molecular weight excluding hydrogens is 248 g/mol. The highest BCUT2D eigenvalue weighted by atomic mass is 32.1. The Morgan fingerprint density at radius 1 is 1.44 bits per heavy atom. The van der Waals surface area contributed by atoms with Crippen LogP contribution >= 0.6 is 11.3 Å². The normalized spacial score (nSPS) is 10.6. The summed E-state index contributed by atoms with van der Waals surface area (Å²) in [4.78, 5) is 18.2. The van der Waals surface area contributed by atoms with Gasteiger partial charge in [0.15, 0.2) is 10.8 Å². The molecule has 0 aliphatic heterocycles. The standard InChI is InChI=1S/C13H16N2O2S/c1-3-15(4-2)12(16)8-10-9-18-13(14-10)11-6-5-7-17-11/h5-7,9H,3-4,8H2,1-2H3. The van der Waals surface area contributed by atoms with Crippen LogP contribution in [0.4, 0.5) is 0 Å². The summed E-state index contributed by atoms with van der Waals surface area (Å²) in [6.45, 7) is 5.45. The summed E-state index contributed by atoms with van der Waals surface area (Å²) in [6.07, 6.45) is 1.98. The van der Waals surface area contributed by atoms with Crippen LogP contribution in [0.2, 0.25) is 0 Å². The molecule has 0 aliphatic rings. The van der Waals surface area contributed by atoms with Crippen LogP contribution in [0.15, 0.2) is 28.2 Å². The lowest BCUT2D eigenvalue weighted by Gasteiger charge is -2.17. The van der Waals surface area contributed by atoms with Gasteiger partial charge >= 0.3 is 0 Å². The second-order valence-corrected chi connectivity index (χ2v) is 4.72. The molecule has 0 bridgehead atoms. The third-order valence-electron chi connectivity index (χ3n) is 2.73. The van der Waals surface area contributed by atoms with Gasteiger partial charge in [0.1, 0.15) is 0 Å². The first-order valence-corrected chi connectivity index (χ1v) is 6.88. The van der Waals surface area contributed by atoms with Crippen LogP contribution in [0.1, 0.15) is 19.5 Å². The van der Waals surface area contributed by atoms with Crippen LogP contribution in [-0.2, 0) is 11.2 Å². The first-order chi connectivity index (χ1) is 8.74. The number of furan rings is 1. The van der Waals surface area contributed by atoms with Crippen molar-refractivity contribution in [2.45, 2.75) is 20.3 Å². The summed E-state index contributed by atoms with van der Waals surface area (Å²) >= 11 is 1.50. The van der Waals surface area contributed by atoms with Gasteiger partial charge in [-0.25, -0.2) is 4.98 Å². The second kappa shape index (κ2) is 5.82. The van der Waals surface area contributed by atoms with Gasteiger partial charge in [-0.15, -0.1) is 11.3 Å². The van der Waals surface area contributed by atoms with Gasteiger partial charge in [-0.2, -0.15) is 0 Å². The Bertz CT molecular complexity index is 501. The number of hydrogen-bond donors (Lipinski definition) is 0. The van der Waals surface area contributed by atoms with Crippen LogP contribution in [-0.4, -0.2) is 28.9 Å². The number of carbonyl (C=O) groups excluding carboxylic acids is 1. The van der Waals surface area contributed by atoms with E-state index in [1.165, 1.54) is 11.3 Å². The van der Waals surface area contributed by atoms with E-state index < -0.39 is 0 Å². The molecule has 0 spiro atoms. The first kappa shape index (κ1) is 12.8. The SMILES string of the molecule is CCN(CC)C(=O)Cc1csc(-c2ccco2)n1. The van der Waals surface area contributed by atoms with E-state index in [1.807, 2.05) is 36.3 Å². The summed E-state index contributed by atoms with van der Waals surface area (Å²) in [5.74, 6) is 0.873. The maximum Gasteiger partial charge on any atom is 0.228 e. The summed E-state index contributed by atoms with van der Waals surface area (Å²) in [5.41, 5.74) is 0.809. The van der Waals surface area contributed by atoms with E-state index in [-0.39, 0.29) is 5.91 Å². The third-order valence-corrected chi connectivity index (χ3v) is 3.64. The molecule has 0 aromatic carbocycles. The number of aromatic nitrogens is 1. The summed E-state index contributed by atoms with van der Waals surface area (Å²) in [5, 5.41) is 2.74. The smallest absolute Gasteiger partial charge is 0.228 e. The monoisotopic (exact) mass is 264 g/mol. The number of nitrogens with zero attached hydrogens (tertiary/aromatic N) is 2. The third kappa shape index (κ3) is 2.79. The molecule has 18 heavy (non-hydrogen) atoms. The van der Waals surface area contributed by atoms with Crippen LogP contribution in [0, 0.1) is 0 Å². The van der Waals surface area contributed by atoms with Crippen LogP contribution < -0.4 is 0 Å². The minimum Gasteiger partial charge on any atom is -0.462 e. The highest BCUT2D eigenvalue weighted by molar-refractivity contribution is 7.13. The predicted octanol–water partition coefficient (Wildman–Crippen LogP) is 2.81. The van der Waals surface area contributed by atoms with Crippen molar-refractivity contribution >= 4 is 17.2 Å². The van der Waals surface area contributed by atoms with Gasteiger partial charge in [-0.1, -0.05) is 0 Å². The molecule has 0 saturated carbocycles. The predicted molar refractivity (Wildman–Crippen MR) is 71.4 cm³/mol. The molecule has 2 aromatic rings. The topological polar surface area (TPSA) is 46.3 Å². The molecule has 5 heteroatoms. The zero-order valence-electron chi connectivity index (χ0n) is 10.5. The molecule has 0 atom stereocenters. The van der Waals surface area contributed by atoms with Gasteiger partial charge in [0.2, 0.25) is 5.91 Å².